The summed E-state index contributed by atoms with van der Waals surface area (Å²) < 4.78 is 2.12. The maximum Gasteiger partial charge on any atom is 0.170 e. The number of rotatable bonds is 6. The molecule has 0 bridgehead atoms. The first-order valence-corrected chi connectivity index (χ1v) is 10.9. The van der Waals surface area contributed by atoms with Gasteiger partial charge in [-0.3, -0.25) is 4.98 Å². The maximum atomic E-state index is 6.53. The molecule has 2 atom stereocenters. The monoisotopic (exact) mass is 444 g/mol. The summed E-state index contributed by atoms with van der Waals surface area (Å²) in [6, 6.07) is 15.7. The van der Waals surface area contributed by atoms with Gasteiger partial charge in [0.05, 0.1) is 28.5 Å². The molecule has 4 rings (SSSR count). The highest BCUT2D eigenvalue weighted by Gasteiger charge is 2.40. The van der Waals surface area contributed by atoms with Crippen LogP contribution in [-0.2, 0) is 0 Å². The molecule has 4 nitrogen and oxygen atoms in total. The lowest BCUT2D eigenvalue weighted by atomic mass is 10.0. The van der Waals surface area contributed by atoms with Crippen molar-refractivity contribution in [1.29, 1.82) is 0 Å². The van der Waals surface area contributed by atoms with Gasteiger partial charge in [-0.05, 0) is 61.1 Å². The van der Waals surface area contributed by atoms with Crippen molar-refractivity contribution in [2.75, 3.05) is 6.54 Å². The molecule has 0 unspecified atom stereocenters. The fourth-order valence-corrected chi connectivity index (χ4v) is 4.66. The Bertz CT molecular complexity index is 1010. The van der Waals surface area contributed by atoms with Crippen molar-refractivity contribution >= 4 is 40.5 Å². The quantitative estimate of drug-likeness (QED) is 0.476. The number of halogens is 2. The molecule has 0 amide bonds. The Balaban J connectivity index is 1.81. The zero-order valence-corrected chi connectivity index (χ0v) is 18.4. The van der Waals surface area contributed by atoms with E-state index < -0.39 is 0 Å². The molecule has 0 aliphatic carbocycles. The smallest absolute Gasteiger partial charge is 0.170 e. The second kappa shape index (κ2) is 8.74. The summed E-state index contributed by atoms with van der Waals surface area (Å²) in [5.41, 5.74) is 2.96. The average Bonchev–Trinajstić information content (AvgIpc) is 3.31. The second-order valence-electron chi connectivity index (χ2n) is 7.07. The van der Waals surface area contributed by atoms with Gasteiger partial charge in [-0.25, -0.2) is 0 Å². The largest absolute Gasteiger partial charge is 0.352 e. The molecule has 1 aliphatic heterocycles. The van der Waals surface area contributed by atoms with Gasteiger partial charge in [-0.1, -0.05) is 42.6 Å². The van der Waals surface area contributed by atoms with E-state index in [1.165, 1.54) is 0 Å². The molecule has 29 heavy (non-hydrogen) atoms. The summed E-state index contributed by atoms with van der Waals surface area (Å²) in [6.07, 6.45) is 6.01. The summed E-state index contributed by atoms with van der Waals surface area (Å²) in [5.74, 6) is 0. The number of aromatic nitrogens is 2. The summed E-state index contributed by atoms with van der Waals surface area (Å²) in [6.45, 7) is 3.07. The minimum Gasteiger partial charge on any atom is -0.352 e. The van der Waals surface area contributed by atoms with Crippen LogP contribution in [0.5, 0.6) is 0 Å². The molecule has 7 heteroatoms. The Labute approximate surface area is 186 Å². The van der Waals surface area contributed by atoms with Crippen LogP contribution in [0, 0.1) is 0 Å². The molecular weight excluding hydrogens is 423 g/mol. The van der Waals surface area contributed by atoms with Gasteiger partial charge >= 0.3 is 0 Å². The highest BCUT2D eigenvalue weighted by Crippen LogP contribution is 2.40. The number of hydrogen-bond acceptors (Lipinski definition) is 2. The number of benzene rings is 1. The molecule has 1 N–H and O–H groups in total. The van der Waals surface area contributed by atoms with Crippen LogP contribution in [0.3, 0.4) is 0 Å². The van der Waals surface area contributed by atoms with Gasteiger partial charge < -0.3 is 14.8 Å². The van der Waals surface area contributed by atoms with E-state index >= 15 is 0 Å². The third kappa shape index (κ3) is 4.00. The minimum atomic E-state index is -0.0414. The van der Waals surface area contributed by atoms with E-state index in [0.717, 1.165) is 41.6 Å². The molecule has 0 spiro atoms. The van der Waals surface area contributed by atoms with Crippen molar-refractivity contribution in [3.05, 3.63) is 82.4 Å². The lowest BCUT2D eigenvalue weighted by Crippen LogP contribution is -2.31. The molecule has 1 aliphatic rings. The number of unbranched alkanes of at least 4 members (excludes halogenated alkanes) is 1. The van der Waals surface area contributed by atoms with E-state index in [2.05, 4.69) is 32.8 Å². The lowest BCUT2D eigenvalue weighted by molar-refractivity contribution is 0.304. The number of hydrogen-bond donors (Lipinski definition) is 1. The predicted octanol–water partition coefficient (Wildman–Crippen LogP) is 5.95. The molecule has 0 radical (unpaired) electrons. The van der Waals surface area contributed by atoms with Crippen LogP contribution in [0.15, 0.2) is 60.9 Å². The van der Waals surface area contributed by atoms with Gasteiger partial charge in [0.1, 0.15) is 0 Å². The predicted molar refractivity (Wildman–Crippen MR) is 123 cm³/mol. The first-order valence-electron chi connectivity index (χ1n) is 9.71. The summed E-state index contributed by atoms with van der Waals surface area (Å²) in [7, 11) is 0. The fourth-order valence-electron chi connectivity index (χ4n) is 3.83. The van der Waals surface area contributed by atoms with Gasteiger partial charge in [-0.2, -0.15) is 0 Å². The first kappa shape index (κ1) is 20.2. The first-order chi connectivity index (χ1) is 14.1. The normalized spacial score (nSPS) is 18.9. The van der Waals surface area contributed by atoms with Crippen LogP contribution in [0.4, 0.5) is 0 Å². The summed E-state index contributed by atoms with van der Waals surface area (Å²) in [4.78, 5) is 6.87. The van der Waals surface area contributed by atoms with Crippen LogP contribution in [0.25, 0.3) is 5.69 Å². The van der Waals surface area contributed by atoms with E-state index in [9.17, 15) is 0 Å². The molecule has 1 saturated heterocycles. The Morgan fingerprint density at radius 1 is 1.14 bits per heavy atom. The summed E-state index contributed by atoms with van der Waals surface area (Å²) >= 11 is 18.4. The van der Waals surface area contributed by atoms with Crippen LogP contribution in [0.2, 0.25) is 10.0 Å². The third-order valence-corrected chi connectivity index (χ3v) is 6.09. The number of pyridine rings is 1. The van der Waals surface area contributed by atoms with Crippen molar-refractivity contribution < 1.29 is 0 Å². The van der Waals surface area contributed by atoms with Crippen LogP contribution in [-0.4, -0.2) is 26.1 Å². The second-order valence-corrected chi connectivity index (χ2v) is 8.30. The standard InChI is InChI=1S/C22H22Cl2N4S/c1-2-3-12-28-21(20(26-22(28)29)17-7-4-5-11-25-17)19-8-6-13-27(19)18-10-9-15(23)14-16(18)24/h4-11,13-14,20-21H,2-3,12H2,1H3,(H,26,29)/t20-,21-/m0/s1. The third-order valence-electron chi connectivity index (χ3n) is 5.20. The zero-order valence-electron chi connectivity index (χ0n) is 16.1. The van der Waals surface area contributed by atoms with Crippen LogP contribution in [0.1, 0.15) is 43.2 Å². The molecule has 1 fully saturated rings. The van der Waals surface area contributed by atoms with E-state index in [1.54, 1.807) is 6.07 Å². The van der Waals surface area contributed by atoms with Gasteiger partial charge in [0.2, 0.25) is 0 Å². The SMILES string of the molecule is CCCCN1C(=S)N[C@@H](c2ccccn2)[C@@H]1c1cccn1-c1ccc(Cl)cc1Cl. The van der Waals surface area contributed by atoms with Crippen molar-refractivity contribution in [3.63, 3.8) is 0 Å². The number of thiocarbonyl (C=S) groups is 1. The molecule has 1 aromatic carbocycles. The topological polar surface area (TPSA) is 33.1 Å². The van der Waals surface area contributed by atoms with Crippen molar-refractivity contribution in [2.45, 2.75) is 31.8 Å². The Morgan fingerprint density at radius 3 is 2.72 bits per heavy atom. The van der Waals surface area contributed by atoms with Gasteiger partial charge in [-0.15, -0.1) is 0 Å². The zero-order chi connectivity index (χ0) is 20.4. The van der Waals surface area contributed by atoms with E-state index in [0.29, 0.717) is 10.0 Å². The van der Waals surface area contributed by atoms with E-state index in [4.69, 9.17) is 35.4 Å². The molecule has 150 valence electrons. The number of nitrogens with one attached hydrogen (secondary N) is 1. The number of nitrogens with zero attached hydrogens (tertiary/aromatic N) is 3. The van der Waals surface area contributed by atoms with Crippen molar-refractivity contribution in [3.8, 4) is 5.69 Å². The highest BCUT2D eigenvalue weighted by atomic mass is 35.5. The molecule has 3 aromatic rings. The maximum absolute atomic E-state index is 6.53. The molecular formula is C22H22Cl2N4S. The lowest BCUT2D eigenvalue weighted by Gasteiger charge is -2.29. The minimum absolute atomic E-state index is 0.00527. The highest BCUT2D eigenvalue weighted by molar-refractivity contribution is 7.80. The molecule has 2 aromatic heterocycles. The average molecular weight is 445 g/mol. The Hall–Kier alpha value is -2.08. The Kier molecular flexibility index (Phi) is 6.09. The fraction of sp³-hybridized carbons (Fsp3) is 0.273. The van der Waals surface area contributed by atoms with Crippen LogP contribution >= 0.6 is 35.4 Å². The van der Waals surface area contributed by atoms with Gasteiger partial charge in [0.25, 0.3) is 0 Å². The van der Waals surface area contributed by atoms with E-state index in [1.807, 2.05) is 48.8 Å². The molecule has 3 heterocycles. The van der Waals surface area contributed by atoms with Crippen LogP contribution < -0.4 is 5.32 Å². The molecule has 0 saturated carbocycles. The van der Waals surface area contributed by atoms with Gasteiger partial charge in [0, 0.05) is 29.7 Å². The van der Waals surface area contributed by atoms with Crippen molar-refractivity contribution in [2.24, 2.45) is 0 Å². The Morgan fingerprint density at radius 2 is 2.00 bits per heavy atom. The van der Waals surface area contributed by atoms with Gasteiger partial charge in [0.15, 0.2) is 5.11 Å². The summed E-state index contributed by atoms with van der Waals surface area (Å²) in [5, 5.41) is 5.48. The van der Waals surface area contributed by atoms with E-state index in [-0.39, 0.29) is 12.1 Å². The van der Waals surface area contributed by atoms with Crippen molar-refractivity contribution in [1.82, 2.24) is 19.8 Å².